The molecule has 1 fully saturated rings. The number of carbonyl (C=O) groups is 1. The molecule has 0 unspecified atom stereocenters. The van der Waals surface area contributed by atoms with Crippen molar-refractivity contribution in [3.8, 4) is 16.4 Å². The zero-order chi connectivity index (χ0) is 19.5. The van der Waals surface area contributed by atoms with Crippen molar-refractivity contribution in [3.63, 3.8) is 0 Å². The van der Waals surface area contributed by atoms with Crippen LogP contribution in [0.5, 0.6) is 0 Å². The van der Waals surface area contributed by atoms with Gasteiger partial charge in [-0.3, -0.25) is 4.79 Å². The second-order valence-corrected chi connectivity index (χ2v) is 7.87. The fourth-order valence-corrected chi connectivity index (χ4v) is 4.22. The van der Waals surface area contributed by atoms with Crippen LogP contribution in [0.3, 0.4) is 0 Å². The fraction of sp³-hybridized carbons (Fsp3) is 0.350. The smallest absolute Gasteiger partial charge is 0.293 e. The number of amides is 1. The third-order valence-electron chi connectivity index (χ3n) is 4.99. The minimum absolute atomic E-state index is 0.153. The van der Waals surface area contributed by atoms with Crippen LogP contribution in [0.4, 0.5) is 4.39 Å². The van der Waals surface area contributed by atoms with E-state index in [1.54, 1.807) is 16.8 Å². The Hall–Kier alpha value is -2.58. The summed E-state index contributed by atoms with van der Waals surface area (Å²) in [5.74, 6) is 0.766. The molecule has 6 nitrogen and oxygen atoms in total. The molecular formula is C20H22FN5OS. The number of nitrogens with one attached hydrogen (secondary N) is 1. The van der Waals surface area contributed by atoms with E-state index in [1.165, 1.54) is 23.5 Å². The first-order valence-corrected chi connectivity index (χ1v) is 10.2. The number of aromatic nitrogens is 3. The second-order valence-electron chi connectivity index (χ2n) is 6.92. The first kappa shape index (κ1) is 18.8. The van der Waals surface area contributed by atoms with Crippen molar-refractivity contribution in [2.45, 2.75) is 12.8 Å². The molecule has 1 saturated heterocycles. The fourth-order valence-electron chi connectivity index (χ4n) is 3.53. The Balaban J connectivity index is 1.63. The van der Waals surface area contributed by atoms with Gasteiger partial charge in [0.2, 0.25) is 5.82 Å². The highest BCUT2D eigenvalue weighted by molar-refractivity contribution is 7.13. The number of piperidine rings is 1. The third kappa shape index (κ3) is 3.83. The van der Waals surface area contributed by atoms with Crippen LogP contribution in [0, 0.1) is 11.7 Å². The van der Waals surface area contributed by atoms with Gasteiger partial charge in [0.1, 0.15) is 5.82 Å². The van der Waals surface area contributed by atoms with Gasteiger partial charge in [0, 0.05) is 13.1 Å². The van der Waals surface area contributed by atoms with Gasteiger partial charge in [-0.15, -0.1) is 16.4 Å². The molecular weight excluding hydrogens is 377 g/mol. The first-order chi connectivity index (χ1) is 13.7. The highest BCUT2D eigenvalue weighted by atomic mass is 32.1. The molecule has 4 rings (SSSR count). The lowest BCUT2D eigenvalue weighted by molar-refractivity contribution is 0.0678. The highest BCUT2D eigenvalue weighted by Gasteiger charge is 2.27. The van der Waals surface area contributed by atoms with Crippen LogP contribution in [0.1, 0.15) is 23.5 Å². The van der Waals surface area contributed by atoms with E-state index in [0.717, 1.165) is 24.3 Å². The van der Waals surface area contributed by atoms with Gasteiger partial charge in [-0.1, -0.05) is 12.1 Å². The van der Waals surface area contributed by atoms with Crippen LogP contribution in [0.15, 0.2) is 41.8 Å². The lowest BCUT2D eigenvalue weighted by atomic mass is 9.97. The molecule has 2 aromatic heterocycles. The van der Waals surface area contributed by atoms with Gasteiger partial charge in [-0.25, -0.2) is 14.1 Å². The van der Waals surface area contributed by atoms with E-state index < -0.39 is 0 Å². The molecule has 0 atom stereocenters. The minimum atomic E-state index is -0.357. The van der Waals surface area contributed by atoms with Crippen LogP contribution in [-0.4, -0.2) is 52.3 Å². The Morgan fingerprint density at radius 3 is 2.79 bits per heavy atom. The molecule has 1 aliphatic rings. The largest absolute Gasteiger partial charge is 0.336 e. The van der Waals surface area contributed by atoms with Crippen molar-refractivity contribution in [1.29, 1.82) is 0 Å². The Morgan fingerprint density at radius 2 is 2.11 bits per heavy atom. The molecule has 146 valence electrons. The van der Waals surface area contributed by atoms with Crippen LogP contribution in [-0.2, 0) is 0 Å². The zero-order valence-electron chi connectivity index (χ0n) is 15.6. The van der Waals surface area contributed by atoms with E-state index in [2.05, 4.69) is 15.4 Å². The SMILES string of the molecule is CNCC1CCN(C(=O)c2nc(-c3cccs3)n(-c3cccc(F)c3)n2)CC1. The van der Waals surface area contributed by atoms with Crippen molar-refractivity contribution in [3.05, 3.63) is 53.4 Å². The van der Waals surface area contributed by atoms with E-state index in [0.29, 0.717) is 30.5 Å². The maximum absolute atomic E-state index is 13.7. The number of likely N-dealkylation sites (tertiary alicyclic amines) is 1. The molecule has 1 amide bonds. The number of hydrogen-bond acceptors (Lipinski definition) is 5. The monoisotopic (exact) mass is 399 g/mol. The predicted octanol–water partition coefficient (Wildman–Crippen LogP) is 3.21. The summed E-state index contributed by atoms with van der Waals surface area (Å²) in [6, 6.07) is 9.99. The van der Waals surface area contributed by atoms with Crippen LogP contribution < -0.4 is 5.32 Å². The third-order valence-corrected chi connectivity index (χ3v) is 5.85. The molecule has 1 aromatic carbocycles. The molecule has 1 N–H and O–H groups in total. The maximum Gasteiger partial charge on any atom is 0.293 e. The highest BCUT2D eigenvalue weighted by Crippen LogP contribution is 2.26. The number of halogens is 1. The van der Waals surface area contributed by atoms with E-state index >= 15 is 0 Å². The van der Waals surface area contributed by atoms with Gasteiger partial charge >= 0.3 is 0 Å². The molecule has 3 aromatic rings. The molecule has 0 aliphatic carbocycles. The van der Waals surface area contributed by atoms with Crippen molar-refractivity contribution in [2.24, 2.45) is 5.92 Å². The summed E-state index contributed by atoms with van der Waals surface area (Å²) in [5.41, 5.74) is 0.544. The lowest BCUT2D eigenvalue weighted by Crippen LogP contribution is -2.40. The van der Waals surface area contributed by atoms with Crippen molar-refractivity contribution >= 4 is 17.2 Å². The van der Waals surface area contributed by atoms with Crippen molar-refractivity contribution in [1.82, 2.24) is 25.0 Å². The Labute approximate surface area is 167 Å². The Bertz CT molecular complexity index is 947. The van der Waals surface area contributed by atoms with E-state index in [-0.39, 0.29) is 17.5 Å². The number of rotatable bonds is 5. The molecule has 0 spiro atoms. The van der Waals surface area contributed by atoms with Gasteiger partial charge in [-0.2, -0.15) is 0 Å². The van der Waals surface area contributed by atoms with Crippen molar-refractivity contribution < 1.29 is 9.18 Å². The summed E-state index contributed by atoms with van der Waals surface area (Å²) in [4.78, 5) is 20.2. The van der Waals surface area contributed by atoms with Gasteiger partial charge in [0.05, 0.1) is 10.6 Å². The molecule has 0 bridgehead atoms. The number of carbonyl (C=O) groups excluding carboxylic acids is 1. The van der Waals surface area contributed by atoms with Crippen LogP contribution in [0.25, 0.3) is 16.4 Å². The van der Waals surface area contributed by atoms with Gasteiger partial charge in [0.25, 0.3) is 5.91 Å². The summed E-state index contributed by atoms with van der Waals surface area (Å²) < 4.78 is 15.3. The molecule has 0 saturated carbocycles. The number of thiophene rings is 1. The average molecular weight is 399 g/mol. The van der Waals surface area contributed by atoms with Gasteiger partial charge < -0.3 is 10.2 Å². The Morgan fingerprint density at radius 1 is 1.29 bits per heavy atom. The molecule has 28 heavy (non-hydrogen) atoms. The first-order valence-electron chi connectivity index (χ1n) is 9.36. The van der Waals surface area contributed by atoms with E-state index in [9.17, 15) is 9.18 Å². The number of benzene rings is 1. The van der Waals surface area contributed by atoms with E-state index in [4.69, 9.17) is 0 Å². The zero-order valence-corrected chi connectivity index (χ0v) is 16.5. The lowest BCUT2D eigenvalue weighted by Gasteiger charge is -2.31. The molecule has 0 radical (unpaired) electrons. The average Bonchev–Trinajstić information content (AvgIpc) is 3.38. The second kappa shape index (κ2) is 8.20. The van der Waals surface area contributed by atoms with Crippen LogP contribution >= 0.6 is 11.3 Å². The Kier molecular flexibility index (Phi) is 5.50. The summed E-state index contributed by atoms with van der Waals surface area (Å²) in [5, 5.41) is 9.59. The number of hydrogen-bond donors (Lipinski definition) is 1. The molecule has 8 heteroatoms. The quantitative estimate of drug-likeness (QED) is 0.716. The summed E-state index contributed by atoms with van der Waals surface area (Å²) in [7, 11) is 1.95. The van der Waals surface area contributed by atoms with Crippen LogP contribution in [0.2, 0.25) is 0 Å². The molecule has 1 aliphatic heterocycles. The maximum atomic E-state index is 13.7. The normalized spacial score (nSPS) is 15.1. The van der Waals surface area contributed by atoms with Gasteiger partial charge in [0.15, 0.2) is 5.82 Å². The van der Waals surface area contributed by atoms with Crippen molar-refractivity contribution in [2.75, 3.05) is 26.7 Å². The number of nitrogens with zero attached hydrogens (tertiary/aromatic N) is 4. The summed E-state index contributed by atoms with van der Waals surface area (Å²) >= 11 is 1.51. The van der Waals surface area contributed by atoms with Gasteiger partial charge in [-0.05, 0) is 62.0 Å². The molecule has 3 heterocycles. The standard InChI is InChI=1S/C20H22FN5OS/c1-22-13-14-7-9-25(10-8-14)20(27)18-23-19(17-6-3-11-28-17)26(24-18)16-5-2-4-15(21)12-16/h2-6,11-12,14,22H,7-10,13H2,1H3. The minimum Gasteiger partial charge on any atom is -0.336 e. The summed E-state index contributed by atoms with van der Waals surface area (Å²) in [6.45, 7) is 2.37. The van der Waals surface area contributed by atoms with E-state index in [1.807, 2.05) is 29.5 Å². The summed E-state index contributed by atoms with van der Waals surface area (Å²) in [6.07, 6.45) is 1.93. The predicted molar refractivity (Wildman–Crippen MR) is 107 cm³/mol. The topological polar surface area (TPSA) is 63.1 Å².